The van der Waals surface area contributed by atoms with Crippen LogP contribution in [0.3, 0.4) is 0 Å². The van der Waals surface area contributed by atoms with E-state index in [4.69, 9.17) is 35.3 Å². The number of hydrogen-bond donors (Lipinski definition) is 0. The van der Waals surface area contributed by atoms with Gasteiger partial charge in [-0.3, -0.25) is 0 Å². The Morgan fingerprint density at radius 2 is 0.631 bits per heavy atom. The third-order valence-electron chi connectivity index (χ3n) is 30.5. The summed E-state index contributed by atoms with van der Waals surface area (Å²) in [4.78, 5) is 0. The highest BCUT2D eigenvalue weighted by atomic mass is 127. The van der Waals surface area contributed by atoms with Crippen molar-refractivity contribution in [2.45, 2.75) is 313 Å². The van der Waals surface area contributed by atoms with Crippen LogP contribution in [0.5, 0.6) is 0 Å². The summed E-state index contributed by atoms with van der Waals surface area (Å²) in [6, 6.07) is 0. The molecule has 11 radical (unpaired) electrons. The third-order valence-corrected chi connectivity index (χ3v) is 44.2. The second-order valence-corrected chi connectivity index (χ2v) is 48.4. The maximum atomic E-state index is 8.06. The average molecular weight is 1410 g/mol. The Kier molecular flexibility index (Phi) is 19.8. The lowest BCUT2D eigenvalue weighted by molar-refractivity contribution is 0.0173. The van der Waals surface area contributed by atoms with Gasteiger partial charge in [-0.25, -0.2) is 0 Å². The Morgan fingerprint density at radius 1 is 0.381 bits per heavy atom. The summed E-state index contributed by atoms with van der Waals surface area (Å²) in [5.41, 5.74) is 0. The lowest BCUT2D eigenvalue weighted by Crippen LogP contribution is -2.60. The SMILES string of the molecule is C1CCOC1.ICCCCI.[B].[B]CCCCC[P+]([B])(C12CC3CC(CC(C3)C1)C2)C12CC3CC(CC(C3)C1)C2.[B]P(C12CC3CC(CC(C3)C1)C2)C12CC3CC(CC(C3)C1)C2.[B][PH+](C12CC3CC(CC(C3)C1)C2)C12CC3CC(CC(C3)C1)C2. The molecular weight excluding hydrogens is 1290 g/mol. The number of alkyl halides is 2. The number of halogens is 2. The summed E-state index contributed by atoms with van der Waals surface area (Å²) in [5, 5.41) is 3.88. The molecule has 25 rings (SSSR count). The van der Waals surface area contributed by atoms with Crippen molar-refractivity contribution in [2.24, 2.45) is 107 Å². The molecule has 0 aromatic carbocycles. The molecule has 24 bridgehead atoms. The smallest absolute Gasteiger partial charge is 0.366 e. The van der Waals surface area contributed by atoms with Gasteiger partial charge in [0.2, 0.25) is 0 Å². The summed E-state index contributed by atoms with van der Waals surface area (Å²) in [5.74, 6) is 19.3. The van der Waals surface area contributed by atoms with Crippen LogP contribution in [0.4, 0.5) is 0 Å². The fourth-order valence-corrected chi connectivity index (χ4v) is 45.3. The first-order valence-electron chi connectivity index (χ1n) is 37.4. The topological polar surface area (TPSA) is 9.23 Å². The van der Waals surface area contributed by atoms with Crippen LogP contribution in [-0.2, 0) is 4.74 Å². The van der Waals surface area contributed by atoms with Gasteiger partial charge in [0.1, 0.15) is 7.57 Å². The molecular formula is C73H117B5I2OP3+2. The van der Waals surface area contributed by atoms with Gasteiger partial charge in [0.05, 0.1) is 28.5 Å². The fraction of sp³-hybridized carbons (Fsp3) is 1.00. The molecule has 0 unspecified atom stereocenters. The summed E-state index contributed by atoms with van der Waals surface area (Å²) in [6.07, 6.45) is 67.7. The zero-order chi connectivity index (χ0) is 56.4. The highest BCUT2D eigenvalue weighted by Crippen LogP contribution is 2.87. The second kappa shape index (κ2) is 25.9. The van der Waals surface area contributed by atoms with Crippen molar-refractivity contribution in [3.8, 4) is 0 Å². The van der Waals surface area contributed by atoms with E-state index < -0.39 is 14.9 Å². The Hall–Kier alpha value is 3.03. The van der Waals surface area contributed by atoms with E-state index in [-0.39, 0.29) is 16.2 Å². The van der Waals surface area contributed by atoms with Gasteiger partial charge in [0.15, 0.2) is 0 Å². The molecule has 1 saturated heterocycles. The maximum Gasteiger partial charge on any atom is 0.366 e. The Balaban J connectivity index is 0.000000103. The van der Waals surface area contributed by atoms with E-state index in [1.54, 1.807) is 231 Å². The van der Waals surface area contributed by atoms with Crippen molar-refractivity contribution in [3.63, 3.8) is 0 Å². The normalized spacial score (nSPS) is 52.5. The summed E-state index contributed by atoms with van der Waals surface area (Å²) in [7, 11) is 26.3. The van der Waals surface area contributed by atoms with Crippen LogP contribution in [0.2, 0.25) is 6.32 Å². The maximum absolute atomic E-state index is 8.06. The van der Waals surface area contributed by atoms with Crippen molar-refractivity contribution in [1.29, 1.82) is 0 Å². The van der Waals surface area contributed by atoms with Crippen molar-refractivity contribution in [1.82, 2.24) is 0 Å². The summed E-state index contributed by atoms with van der Waals surface area (Å²) < 4.78 is 7.58. The highest BCUT2D eigenvalue weighted by molar-refractivity contribution is 14.1. The third kappa shape index (κ3) is 12.2. The first-order valence-corrected chi connectivity index (χ1v) is 45.5. The molecule has 25 fully saturated rings. The van der Waals surface area contributed by atoms with E-state index in [0.29, 0.717) is 30.9 Å². The molecule has 457 valence electrons. The van der Waals surface area contributed by atoms with Gasteiger partial charge in [-0.2, -0.15) is 0 Å². The quantitative estimate of drug-likeness (QED) is 0.0554. The minimum atomic E-state index is -1.45. The number of ether oxygens (including phenoxy) is 1. The van der Waals surface area contributed by atoms with Crippen LogP contribution in [0, 0.1) is 107 Å². The molecule has 24 aliphatic carbocycles. The number of unbranched alkanes of at least 4 members (excludes halogenated alkanes) is 3. The fourth-order valence-electron chi connectivity index (χ4n) is 30.1. The van der Waals surface area contributed by atoms with Gasteiger partial charge in [-0.05, 0) is 404 Å². The van der Waals surface area contributed by atoms with Gasteiger partial charge < -0.3 is 4.74 Å². The minimum absolute atomic E-state index is 0. The molecule has 0 spiro atoms. The van der Waals surface area contributed by atoms with E-state index in [1.165, 1.54) is 60.0 Å². The predicted octanol–water partition coefficient (Wildman–Crippen LogP) is 20.5. The minimum Gasteiger partial charge on any atom is -0.381 e. The monoisotopic (exact) mass is 1410 g/mol. The summed E-state index contributed by atoms with van der Waals surface area (Å²) in [6.45, 7) is 2.00. The van der Waals surface area contributed by atoms with Crippen LogP contribution in [0.25, 0.3) is 0 Å². The Bertz CT molecular complexity index is 1790. The Morgan fingerprint density at radius 3 is 0.857 bits per heavy atom. The number of hydrogen-bond acceptors (Lipinski definition) is 1. The van der Waals surface area contributed by atoms with Crippen molar-refractivity contribution in [3.05, 3.63) is 0 Å². The lowest BCUT2D eigenvalue weighted by atomic mass is 9.55. The Labute approximate surface area is 554 Å². The molecule has 0 atom stereocenters. The zero-order valence-electron chi connectivity index (χ0n) is 53.5. The van der Waals surface area contributed by atoms with Gasteiger partial charge >= 0.3 is 15.1 Å². The van der Waals surface area contributed by atoms with Crippen LogP contribution >= 0.6 is 67.9 Å². The van der Waals surface area contributed by atoms with Gasteiger partial charge in [0.25, 0.3) is 0 Å². The molecule has 0 aromatic heterocycles. The van der Waals surface area contributed by atoms with E-state index in [0.717, 1.165) is 126 Å². The van der Waals surface area contributed by atoms with Gasteiger partial charge in [0, 0.05) is 27.8 Å². The molecule has 0 aromatic rings. The van der Waals surface area contributed by atoms with Crippen molar-refractivity contribution in [2.75, 3.05) is 28.2 Å². The molecule has 84 heavy (non-hydrogen) atoms. The van der Waals surface area contributed by atoms with Crippen molar-refractivity contribution >= 4 is 107 Å². The highest BCUT2D eigenvalue weighted by Gasteiger charge is 2.73. The van der Waals surface area contributed by atoms with E-state index >= 15 is 0 Å². The molecule has 1 aliphatic heterocycles. The van der Waals surface area contributed by atoms with Gasteiger partial charge in [-0.1, -0.05) is 64.3 Å². The molecule has 1 heterocycles. The molecule has 24 saturated carbocycles. The molecule has 25 aliphatic rings. The van der Waals surface area contributed by atoms with Crippen molar-refractivity contribution < 1.29 is 4.74 Å². The van der Waals surface area contributed by atoms with Gasteiger partial charge in [-0.15, -0.1) is 7.80 Å². The molecule has 0 N–H and O–H groups in total. The largest absolute Gasteiger partial charge is 0.381 e. The second-order valence-electron chi connectivity index (χ2n) is 36.6. The molecule has 0 amide bonds. The van der Waals surface area contributed by atoms with Crippen LogP contribution in [-0.4, -0.2) is 98.1 Å². The van der Waals surface area contributed by atoms with E-state index in [9.17, 15) is 0 Å². The standard InChI is InChI=1S/C25H40B2P.C20H31BP.C20H30BP.C4H8I2.C4H8O.B/c26-4-2-1-3-5-28(27,24-12-18-6-19(13-24)8-20(7-18)14-24)25-15-21-9-22(16-25)11-23(10-21)17-25;2*21-22(19-7-13-1-14(8-19)3-15(2-13)9-19)20-10-16-4-17(11-20)6-18(5-16)12-20;5-3-1-2-4-6;1-2-4-5-3-1;/h18-23H,1-17H2;13-18,22H,1-12H2;13-18H,1-12H2;1-4H2;1-4H2;/q2*+1;;;;. The molecule has 1 nitrogen and oxygen atoms in total. The average Bonchev–Trinajstić information content (AvgIpc) is 0.992. The van der Waals surface area contributed by atoms with Crippen LogP contribution in [0.15, 0.2) is 0 Å². The molecule has 11 heteroatoms. The lowest BCUT2D eigenvalue weighted by Gasteiger charge is -2.68. The summed E-state index contributed by atoms with van der Waals surface area (Å²) >= 11 is 4.81. The van der Waals surface area contributed by atoms with E-state index in [2.05, 4.69) is 45.2 Å². The zero-order valence-corrected chi connectivity index (χ0v) is 60.6. The predicted molar refractivity (Wildman–Crippen MR) is 387 cm³/mol. The first-order chi connectivity index (χ1) is 40.2. The van der Waals surface area contributed by atoms with Crippen LogP contribution in [0.1, 0.15) is 276 Å². The first kappa shape index (κ1) is 64.4. The number of rotatable bonds is 14. The van der Waals surface area contributed by atoms with Crippen LogP contribution < -0.4 is 0 Å². The van der Waals surface area contributed by atoms with E-state index in [1.807, 2.05) is 0 Å².